The fraction of sp³-hybridized carbons (Fsp3) is 0.591. The zero-order valence-electron chi connectivity index (χ0n) is 19.8. The molecule has 13 heteroatoms. The van der Waals surface area contributed by atoms with Crippen molar-refractivity contribution < 1.29 is 27.3 Å². The number of piperidine rings is 2. The first kappa shape index (κ1) is 25.4. The molecule has 35 heavy (non-hydrogen) atoms. The van der Waals surface area contributed by atoms with Crippen LogP contribution in [0, 0.1) is 5.92 Å². The highest BCUT2D eigenvalue weighted by atomic mass is 32.2. The van der Waals surface area contributed by atoms with Gasteiger partial charge in [-0.25, -0.2) is 4.79 Å². The van der Waals surface area contributed by atoms with Crippen LogP contribution in [0.25, 0.3) is 11.0 Å². The van der Waals surface area contributed by atoms with Gasteiger partial charge in [0, 0.05) is 45.4 Å². The Bertz CT molecular complexity index is 1280. The highest BCUT2D eigenvalue weighted by Crippen LogP contribution is 2.29. The Hall–Kier alpha value is -2.74. The maximum Gasteiger partial charge on any atom is 0.329 e. The molecule has 2 aromatic rings. The van der Waals surface area contributed by atoms with Crippen molar-refractivity contribution in [1.82, 2.24) is 19.8 Å². The summed E-state index contributed by atoms with van der Waals surface area (Å²) < 4.78 is 40.3. The van der Waals surface area contributed by atoms with Crippen LogP contribution in [0.2, 0.25) is 0 Å². The molecule has 3 heterocycles. The van der Waals surface area contributed by atoms with E-state index in [1.54, 1.807) is 13.1 Å². The van der Waals surface area contributed by atoms with Gasteiger partial charge >= 0.3 is 5.69 Å². The lowest BCUT2D eigenvalue weighted by molar-refractivity contribution is -0.134. The van der Waals surface area contributed by atoms with Gasteiger partial charge in [-0.3, -0.25) is 23.3 Å². The lowest BCUT2D eigenvalue weighted by Crippen LogP contribution is -2.55. The minimum atomic E-state index is -4.78. The molecule has 2 atom stereocenters. The number of benzene rings is 1. The second-order valence-electron chi connectivity index (χ2n) is 9.08. The summed E-state index contributed by atoms with van der Waals surface area (Å²) in [5, 5.41) is 3.07. The first-order chi connectivity index (χ1) is 16.6. The van der Waals surface area contributed by atoms with E-state index < -0.39 is 45.3 Å². The van der Waals surface area contributed by atoms with E-state index in [2.05, 4.69) is 10.2 Å². The molecule has 192 valence electrons. The Kier molecular flexibility index (Phi) is 7.31. The number of hydrogen-bond donors (Lipinski definition) is 3. The molecule has 0 aliphatic carbocycles. The van der Waals surface area contributed by atoms with E-state index in [-0.39, 0.29) is 0 Å². The number of amides is 1. The molecule has 2 aliphatic heterocycles. The summed E-state index contributed by atoms with van der Waals surface area (Å²) in [4.78, 5) is 40.2. The van der Waals surface area contributed by atoms with Gasteiger partial charge in [0.1, 0.15) is 6.04 Å². The first-order valence-electron chi connectivity index (χ1n) is 11.6. The maximum atomic E-state index is 13.0. The van der Waals surface area contributed by atoms with Crippen LogP contribution in [-0.2, 0) is 31.5 Å². The highest BCUT2D eigenvalue weighted by molar-refractivity contribution is 7.87. The zero-order chi connectivity index (χ0) is 25.3. The number of rotatable bonds is 8. The van der Waals surface area contributed by atoms with Crippen LogP contribution in [0.15, 0.2) is 23.0 Å². The minimum absolute atomic E-state index is 0.465. The molecule has 4 rings (SSSR count). The quantitative estimate of drug-likeness (QED) is 0.320. The summed E-state index contributed by atoms with van der Waals surface area (Å²) >= 11 is 0. The van der Waals surface area contributed by atoms with Gasteiger partial charge in [0.2, 0.25) is 11.3 Å². The van der Waals surface area contributed by atoms with E-state index in [1.807, 2.05) is 24.5 Å². The van der Waals surface area contributed by atoms with Crippen LogP contribution in [0.1, 0.15) is 25.3 Å². The largest absolute Gasteiger partial charge is 0.380 e. The van der Waals surface area contributed by atoms with Crippen molar-refractivity contribution in [3.05, 3.63) is 28.7 Å². The summed E-state index contributed by atoms with van der Waals surface area (Å²) in [5.74, 6) is -1.19. The lowest BCUT2D eigenvalue weighted by Gasteiger charge is -2.33. The van der Waals surface area contributed by atoms with Gasteiger partial charge in [-0.2, -0.15) is 8.42 Å². The van der Waals surface area contributed by atoms with E-state index in [4.69, 9.17) is 4.74 Å². The molecule has 1 amide bonds. The van der Waals surface area contributed by atoms with Gasteiger partial charge in [-0.05, 0) is 44.0 Å². The molecule has 0 radical (unpaired) electrons. The lowest BCUT2D eigenvalue weighted by atomic mass is 9.97. The molecular formula is C22H31N5O7S. The number of ether oxygens (including phenoxy) is 1. The number of hydrogen-bond acceptors (Lipinski definition) is 8. The van der Waals surface area contributed by atoms with Crippen molar-refractivity contribution in [2.45, 2.75) is 30.7 Å². The molecule has 0 bridgehead atoms. The molecule has 2 saturated heterocycles. The van der Waals surface area contributed by atoms with Crippen LogP contribution in [0.5, 0.6) is 0 Å². The zero-order valence-corrected chi connectivity index (χ0v) is 20.6. The monoisotopic (exact) mass is 509 g/mol. The number of aryl methyl sites for hydroxylation is 1. The number of likely N-dealkylation sites (N-methyl/N-ethyl adjacent to an activating group) is 1. The Balaban J connectivity index is 1.53. The number of aromatic nitrogens is 2. The minimum Gasteiger partial charge on any atom is -0.380 e. The first-order valence-corrected chi connectivity index (χ1v) is 13.1. The molecule has 12 nitrogen and oxygen atoms in total. The molecule has 2 aliphatic rings. The number of imidazole rings is 1. The molecule has 1 aromatic carbocycles. The Morgan fingerprint density at radius 3 is 2.54 bits per heavy atom. The third kappa shape index (κ3) is 5.13. The van der Waals surface area contributed by atoms with E-state index >= 15 is 0 Å². The summed E-state index contributed by atoms with van der Waals surface area (Å²) in [6.45, 7) is 3.98. The van der Waals surface area contributed by atoms with Crippen molar-refractivity contribution in [3.8, 4) is 0 Å². The smallest absolute Gasteiger partial charge is 0.329 e. The van der Waals surface area contributed by atoms with Crippen LogP contribution in [0.3, 0.4) is 0 Å². The van der Waals surface area contributed by atoms with Gasteiger partial charge in [-0.15, -0.1) is 0 Å². The van der Waals surface area contributed by atoms with Crippen molar-refractivity contribution in [2.24, 2.45) is 13.0 Å². The van der Waals surface area contributed by atoms with E-state index in [0.717, 1.165) is 44.8 Å². The molecule has 2 fully saturated rings. The summed E-state index contributed by atoms with van der Waals surface area (Å²) in [6, 6.07) is 4.30. The Morgan fingerprint density at radius 1 is 1.17 bits per heavy atom. The number of ketones is 1. The van der Waals surface area contributed by atoms with Gasteiger partial charge in [-0.1, -0.05) is 0 Å². The number of fused-ring (bicyclic) bond motifs is 1. The van der Waals surface area contributed by atoms with Gasteiger partial charge in [0.25, 0.3) is 10.1 Å². The molecule has 0 spiro atoms. The van der Waals surface area contributed by atoms with Gasteiger partial charge in [0.15, 0.2) is 5.78 Å². The van der Waals surface area contributed by atoms with Crippen molar-refractivity contribution in [2.75, 3.05) is 44.8 Å². The molecular weight excluding hydrogens is 478 g/mol. The van der Waals surface area contributed by atoms with Crippen LogP contribution < -0.4 is 21.2 Å². The topological polar surface area (TPSA) is 152 Å². The number of anilines is 1. The SMILES string of the molecule is CNCCOCC1CCN(c2ccc3c(c2)n(C)c(=O)n3C2CC(=O)C(S(=O)(=O)O)NC2=O)CC1. The number of nitrogens with zero attached hydrogens (tertiary/aromatic N) is 3. The van der Waals surface area contributed by atoms with Crippen LogP contribution in [0.4, 0.5) is 5.69 Å². The van der Waals surface area contributed by atoms with Gasteiger partial charge < -0.3 is 20.3 Å². The number of Topliss-reactive ketones (excluding diaryl/α,β-unsaturated/α-hetero) is 1. The number of nitrogens with one attached hydrogen (secondary N) is 2. The third-order valence-electron chi connectivity index (χ3n) is 6.78. The van der Waals surface area contributed by atoms with Crippen molar-refractivity contribution >= 4 is 38.5 Å². The van der Waals surface area contributed by atoms with E-state index in [9.17, 15) is 27.4 Å². The van der Waals surface area contributed by atoms with Crippen molar-refractivity contribution in [3.63, 3.8) is 0 Å². The summed E-state index contributed by atoms with van der Waals surface area (Å²) in [5.41, 5.74) is 1.53. The van der Waals surface area contributed by atoms with Gasteiger partial charge in [0.05, 0.1) is 17.6 Å². The molecule has 3 N–H and O–H groups in total. The maximum absolute atomic E-state index is 13.0. The normalized spacial score (nSPS) is 22.1. The molecule has 2 unspecified atom stereocenters. The fourth-order valence-electron chi connectivity index (χ4n) is 4.78. The Morgan fingerprint density at radius 2 is 1.89 bits per heavy atom. The second-order valence-corrected chi connectivity index (χ2v) is 10.6. The Labute approximate surface area is 203 Å². The molecule has 0 saturated carbocycles. The van der Waals surface area contributed by atoms with Crippen LogP contribution >= 0.6 is 0 Å². The van der Waals surface area contributed by atoms with E-state index in [0.29, 0.717) is 23.6 Å². The number of carbonyl (C=O) groups excluding carboxylic acids is 2. The fourth-order valence-corrected chi connectivity index (χ4v) is 5.47. The standard InChI is InChI=1S/C22H31N5O7S/c1-23-7-10-34-13-14-5-8-26(9-6-14)15-3-4-16-17(11-15)25(2)22(30)27(16)18-12-19(28)21(24-20(18)29)35(31,32)33/h3-4,11,14,18,21,23H,5-10,12-13H2,1-2H3,(H,24,29)(H,31,32,33). The summed E-state index contributed by atoms with van der Waals surface area (Å²) in [6.07, 6.45) is 1.48. The average Bonchev–Trinajstić information content (AvgIpc) is 3.07. The van der Waals surface area contributed by atoms with Crippen molar-refractivity contribution in [1.29, 1.82) is 0 Å². The van der Waals surface area contributed by atoms with Crippen LogP contribution in [-0.4, -0.2) is 79.1 Å². The number of carbonyl (C=O) groups is 2. The average molecular weight is 510 g/mol. The molecule has 1 aromatic heterocycles. The predicted octanol–water partition coefficient (Wildman–Crippen LogP) is -0.364. The summed E-state index contributed by atoms with van der Waals surface area (Å²) in [7, 11) is -1.30. The second kappa shape index (κ2) is 10.1. The predicted molar refractivity (Wildman–Crippen MR) is 129 cm³/mol. The van der Waals surface area contributed by atoms with E-state index in [1.165, 1.54) is 9.13 Å². The third-order valence-corrected chi connectivity index (χ3v) is 7.75. The highest BCUT2D eigenvalue weighted by Gasteiger charge is 2.43.